The quantitative estimate of drug-likeness (QED) is 0.604. The summed E-state index contributed by atoms with van der Waals surface area (Å²) >= 11 is 0. The molecule has 4 nitrogen and oxygen atoms in total. The van der Waals surface area contributed by atoms with Crippen LogP contribution in [0.25, 0.3) is 17.2 Å². The van der Waals surface area contributed by atoms with E-state index in [1.807, 2.05) is 41.9 Å². The van der Waals surface area contributed by atoms with Crippen molar-refractivity contribution in [2.45, 2.75) is 6.92 Å². The van der Waals surface area contributed by atoms with Gasteiger partial charge < -0.3 is 4.42 Å². The van der Waals surface area contributed by atoms with E-state index in [-0.39, 0.29) is 0 Å². The number of hydrogen-bond acceptors (Lipinski definition) is 3. The van der Waals surface area contributed by atoms with Crippen LogP contribution in [-0.2, 0) is 0 Å². The maximum atomic E-state index is 5.50. The van der Waals surface area contributed by atoms with Crippen LogP contribution >= 0.6 is 0 Å². The molecule has 0 amide bonds. The van der Waals surface area contributed by atoms with Crippen molar-refractivity contribution in [1.82, 2.24) is 14.4 Å². The minimum Gasteiger partial charge on any atom is -0.460 e. The topological polar surface area (TPSA) is 43.3 Å². The fourth-order valence-electron chi connectivity index (χ4n) is 1.52. The van der Waals surface area contributed by atoms with Crippen molar-refractivity contribution in [2.75, 3.05) is 0 Å². The molecule has 0 bridgehead atoms. The molecule has 15 heavy (non-hydrogen) atoms. The normalized spacial score (nSPS) is 11.0. The lowest BCUT2D eigenvalue weighted by Gasteiger charge is -1.86. The van der Waals surface area contributed by atoms with E-state index in [0.717, 1.165) is 17.2 Å². The van der Waals surface area contributed by atoms with E-state index in [1.54, 1.807) is 6.20 Å². The van der Waals surface area contributed by atoms with E-state index >= 15 is 0 Å². The van der Waals surface area contributed by atoms with E-state index in [2.05, 4.69) is 9.97 Å². The predicted octanol–water partition coefficient (Wildman–Crippen LogP) is 2.30. The summed E-state index contributed by atoms with van der Waals surface area (Å²) in [4.78, 5) is 8.50. The summed E-state index contributed by atoms with van der Waals surface area (Å²) in [5, 5.41) is 0. The summed E-state index contributed by atoms with van der Waals surface area (Å²) in [7, 11) is 0. The van der Waals surface area contributed by atoms with Crippen LogP contribution in [0.2, 0.25) is 0 Å². The van der Waals surface area contributed by atoms with Crippen molar-refractivity contribution >= 4 is 5.78 Å². The zero-order valence-corrected chi connectivity index (χ0v) is 8.21. The average molecular weight is 199 g/mol. The van der Waals surface area contributed by atoms with Crippen LogP contribution in [0.1, 0.15) is 5.76 Å². The second-order valence-corrected chi connectivity index (χ2v) is 3.36. The van der Waals surface area contributed by atoms with Crippen molar-refractivity contribution in [2.24, 2.45) is 0 Å². The summed E-state index contributed by atoms with van der Waals surface area (Å²) in [6.45, 7) is 1.91. The Labute approximate surface area is 86.2 Å². The minimum atomic E-state index is 0.682. The highest BCUT2D eigenvalue weighted by atomic mass is 16.3. The van der Waals surface area contributed by atoms with Crippen molar-refractivity contribution in [3.63, 3.8) is 0 Å². The van der Waals surface area contributed by atoms with Gasteiger partial charge in [0.2, 0.25) is 5.78 Å². The van der Waals surface area contributed by atoms with Gasteiger partial charge in [0.25, 0.3) is 0 Å². The third-order valence-corrected chi connectivity index (χ3v) is 2.23. The van der Waals surface area contributed by atoms with Crippen molar-refractivity contribution in [1.29, 1.82) is 0 Å². The molecular weight excluding hydrogens is 190 g/mol. The predicted molar refractivity (Wildman–Crippen MR) is 55.4 cm³/mol. The number of nitrogens with zero attached hydrogens (tertiary/aromatic N) is 3. The fourth-order valence-corrected chi connectivity index (χ4v) is 1.52. The Balaban J connectivity index is 2.19. The molecule has 0 saturated carbocycles. The van der Waals surface area contributed by atoms with Crippen LogP contribution in [0.15, 0.2) is 41.2 Å². The van der Waals surface area contributed by atoms with E-state index in [9.17, 15) is 0 Å². The van der Waals surface area contributed by atoms with Gasteiger partial charge in [-0.25, -0.2) is 9.97 Å². The van der Waals surface area contributed by atoms with Gasteiger partial charge >= 0.3 is 0 Å². The molecule has 3 aromatic rings. The first-order chi connectivity index (χ1) is 7.33. The molecule has 0 aliphatic carbocycles. The highest BCUT2D eigenvalue weighted by Crippen LogP contribution is 2.20. The highest BCUT2D eigenvalue weighted by Gasteiger charge is 2.07. The van der Waals surface area contributed by atoms with Gasteiger partial charge in [-0.1, -0.05) is 0 Å². The second kappa shape index (κ2) is 2.95. The standard InChI is InChI=1S/C11H9N3O/c1-8-3-4-10(15-8)9-7-14-6-2-5-12-11(14)13-9/h2-7H,1H3. The van der Waals surface area contributed by atoms with Gasteiger partial charge in [-0.3, -0.25) is 4.40 Å². The first-order valence-corrected chi connectivity index (χ1v) is 4.69. The SMILES string of the molecule is Cc1ccc(-c2cn3cccnc3n2)o1. The lowest BCUT2D eigenvalue weighted by molar-refractivity contribution is 0.547. The lowest BCUT2D eigenvalue weighted by atomic mass is 10.3. The molecule has 0 unspecified atom stereocenters. The molecule has 0 N–H and O–H groups in total. The van der Waals surface area contributed by atoms with Gasteiger partial charge in [-0.05, 0) is 25.1 Å². The smallest absolute Gasteiger partial charge is 0.234 e. The number of furan rings is 1. The number of imidazole rings is 1. The van der Waals surface area contributed by atoms with Crippen LogP contribution in [0.3, 0.4) is 0 Å². The number of hydrogen-bond donors (Lipinski definition) is 0. The molecule has 4 heteroatoms. The molecular formula is C11H9N3O. The maximum Gasteiger partial charge on any atom is 0.234 e. The Bertz CT molecular complexity index is 576. The molecule has 0 saturated heterocycles. The lowest BCUT2D eigenvalue weighted by Crippen LogP contribution is -1.82. The fraction of sp³-hybridized carbons (Fsp3) is 0.0909. The molecule has 0 radical (unpaired) electrons. The maximum absolute atomic E-state index is 5.50. The van der Waals surface area contributed by atoms with Gasteiger partial charge in [-0.15, -0.1) is 0 Å². The van der Waals surface area contributed by atoms with Gasteiger partial charge in [0, 0.05) is 18.6 Å². The van der Waals surface area contributed by atoms with Gasteiger partial charge in [-0.2, -0.15) is 0 Å². The molecule has 3 rings (SSSR count). The summed E-state index contributed by atoms with van der Waals surface area (Å²) in [5.41, 5.74) is 0.807. The molecule has 0 aliphatic heterocycles. The highest BCUT2D eigenvalue weighted by molar-refractivity contribution is 5.55. The van der Waals surface area contributed by atoms with Crippen LogP contribution in [0.4, 0.5) is 0 Å². The van der Waals surface area contributed by atoms with E-state index in [4.69, 9.17) is 4.42 Å². The van der Waals surface area contributed by atoms with Gasteiger partial charge in [0.15, 0.2) is 5.76 Å². The molecule has 74 valence electrons. The minimum absolute atomic E-state index is 0.682. The number of rotatable bonds is 1. The van der Waals surface area contributed by atoms with E-state index in [1.165, 1.54) is 0 Å². The summed E-state index contributed by atoms with van der Waals surface area (Å²) in [6.07, 6.45) is 5.54. The molecule has 3 aromatic heterocycles. The third kappa shape index (κ3) is 1.30. The van der Waals surface area contributed by atoms with E-state index < -0.39 is 0 Å². The molecule has 0 atom stereocenters. The molecule has 0 spiro atoms. The largest absolute Gasteiger partial charge is 0.460 e. The van der Waals surface area contributed by atoms with Gasteiger partial charge in [0.1, 0.15) is 11.5 Å². The first-order valence-electron chi connectivity index (χ1n) is 4.69. The molecule has 0 fully saturated rings. The third-order valence-electron chi connectivity index (χ3n) is 2.23. The van der Waals surface area contributed by atoms with Crippen molar-refractivity contribution in [3.05, 3.63) is 42.5 Å². The summed E-state index contributed by atoms with van der Waals surface area (Å²) in [6, 6.07) is 5.70. The number of fused-ring (bicyclic) bond motifs is 1. The Hall–Kier alpha value is -2.10. The number of aromatic nitrogens is 3. The van der Waals surface area contributed by atoms with Crippen LogP contribution in [-0.4, -0.2) is 14.4 Å². The number of aryl methyl sites for hydroxylation is 1. The van der Waals surface area contributed by atoms with Gasteiger partial charge in [0.05, 0.1) is 0 Å². The Morgan fingerprint density at radius 3 is 3.00 bits per heavy atom. The summed E-state index contributed by atoms with van der Waals surface area (Å²) < 4.78 is 7.36. The van der Waals surface area contributed by atoms with Crippen LogP contribution < -0.4 is 0 Å². The molecule has 0 aliphatic rings. The van der Waals surface area contributed by atoms with Crippen molar-refractivity contribution < 1.29 is 4.42 Å². The van der Waals surface area contributed by atoms with Crippen LogP contribution in [0.5, 0.6) is 0 Å². The first kappa shape index (κ1) is 8.23. The Morgan fingerprint density at radius 1 is 1.33 bits per heavy atom. The molecule has 0 aromatic carbocycles. The zero-order valence-electron chi connectivity index (χ0n) is 8.21. The van der Waals surface area contributed by atoms with Crippen molar-refractivity contribution in [3.8, 4) is 11.5 Å². The Morgan fingerprint density at radius 2 is 2.27 bits per heavy atom. The Kier molecular flexibility index (Phi) is 1.62. The van der Waals surface area contributed by atoms with E-state index in [0.29, 0.717) is 5.78 Å². The monoisotopic (exact) mass is 199 g/mol. The average Bonchev–Trinajstić information content (AvgIpc) is 2.82. The second-order valence-electron chi connectivity index (χ2n) is 3.36. The van der Waals surface area contributed by atoms with Crippen LogP contribution in [0, 0.1) is 6.92 Å². The summed E-state index contributed by atoms with van der Waals surface area (Å²) in [5.74, 6) is 2.34. The molecule has 3 heterocycles. The zero-order chi connectivity index (χ0) is 10.3.